The van der Waals surface area contributed by atoms with Gasteiger partial charge in [-0.05, 0) is 37.1 Å². The summed E-state index contributed by atoms with van der Waals surface area (Å²) in [5.41, 5.74) is 8.80. The first-order valence-corrected chi connectivity index (χ1v) is 7.13. The summed E-state index contributed by atoms with van der Waals surface area (Å²) in [6.07, 6.45) is 2.00. The Morgan fingerprint density at radius 3 is 2.83 bits per heavy atom. The molecule has 0 aliphatic heterocycles. The molecule has 0 saturated carbocycles. The standard InChI is InChI=1S/C12H21N3O2S/c1-3-4-10-7-11(5-6-12(10)13)14-8-9(2)15-18(16)17/h5-7,9,14-15H,3-4,8,13H2,1-2H3,(H,16,17). The summed E-state index contributed by atoms with van der Waals surface area (Å²) in [6, 6.07) is 5.73. The third kappa shape index (κ3) is 5.03. The maximum absolute atomic E-state index is 10.6. The zero-order valence-corrected chi connectivity index (χ0v) is 11.6. The maximum Gasteiger partial charge on any atom is 0.232 e. The van der Waals surface area contributed by atoms with E-state index in [1.807, 2.05) is 25.1 Å². The van der Waals surface area contributed by atoms with Crippen LogP contribution in [0.3, 0.4) is 0 Å². The molecule has 1 aromatic rings. The van der Waals surface area contributed by atoms with Crippen LogP contribution in [-0.4, -0.2) is 21.3 Å². The molecule has 5 N–H and O–H groups in total. The molecule has 0 aliphatic rings. The van der Waals surface area contributed by atoms with E-state index in [0.29, 0.717) is 6.54 Å². The Morgan fingerprint density at radius 1 is 1.50 bits per heavy atom. The van der Waals surface area contributed by atoms with Crippen LogP contribution < -0.4 is 15.8 Å². The largest absolute Gasteiger partial charge is 0.399 e. The number of benzene rings is 1. The van der Waals surface area contributed by atoms with Crippen molar-refractivity contribution in [3.05, 3.63) is 23.8 Å². The second-order valence-electron chi connectivity index (χ2n) is 4.31. The molecule has 6 heteroatoms. The molecule has 0 radical (unpaired) electrons. The quantitative estimate of drug-likeness (QED) is 0.449. The fraction of sp³-hybridized carbons (Fsp3) is 0.500. The Morgan fingerprint density at radius 2 is 2.22 bits per heavy atom. The first-order valence-electron chi connectivity index (χ1n) is 6.02. The summed E-state index contributed by atoms with van der Waals surface area (Å²) in [4.78, 5) is 0. The van der Waals surface area contributed by atoms with Crippen LogP contribution in [0.25, 0.3) is 0 Å². The lowest BCUT2D eigenvalue weighted by atomic mass is 10.1. The molecule has 0 heterocycles. The van der Waals surface area contributed by atoms with Gasteiger partial charge in [-0.1, -0.05) is 13.3 Å². The van der Waals surface area contributed by atoms with Crippen molar-refractivity contribution in [2.45, 2.75) is 32.7 Å². The second kappa shape index (κ2) is 7.35. The van der Waals surface area contributed by atoms with Gasteiger partial charge in [0.15, 0.2) is 0 Å². The molecule has 1 rings (SSSR count). The second-order valence-corrected chi connectivity index (χ2v) is 5.05. The van der Waals surface area contributed by atoms with Crippen LogP contribution in [0.4, 0.5) is 11.4 Å². The molecule has 0 aromatic heterocycles. The molecular weight excluding hydrogens is 250 g/mol. The van der Waals surface area contributed by atoms with Crippen LogP contribution in [0, 0.1) is 0 Å². The van der Waals surface area contributed by atoms with Crippen molar-refractivity contribution < 1.29 is 8.76 Å². The number of rotatable bonds is 7. The number of nitrogens with two attached hydrogens (primary N) is 1. The lowest BCUT2D eigenvalue weighted by Gasteiger charge is -2.14. The normalized spacial score (nSPS) is 14.2. The van der Waals surface area contributed by atoms with Crippen molar-refractivity contribution in [3.63, 3.8) is 0 Å². The average Bonchev–Trinajstić information content (AvgIpc) is 2.29. The van der Waals surface area contributed by atoms with Gasteiger partial charge in [-0.25, -0.2) is 8.93 Å². The molecule has 0 spiro atoms. The van der Waals surface area contributed by atoms with Gasteiger partial charge in [-0.3, -0.25) is 4.55 Å². The number of hydrogen-bond donors (Lipinski definition) is 4. The SMILES string of the molecule is CCCc1cc(NCC(C)NS(=O)O)ccc1N. The summed E-state index contributed by atoms with van der Waals surface area (Å²) < 4.78 is 21.8. The van der Waals surface area contributed by atoms with E-state index in [1.165, 1.54) is 0 Å². The minimum absolute atomic E-state index is 0.0944. The Kier molecular flexibility index (Phi) is 6.11. The molecule has 102 valence electrons. The first-order chi connectivity index (χ1) is 8.52. The van der Waals surface area contributed by atoms with Crippen molar-refractivity contribution in [3.8, 4) is 0 Å². The van der Waals surface area contributed by atoms with Crippen molar-refractivity contribution in [1.29, 1.82) is 0 Å². The van der Waals surface area contributed by atoms with Crippen molar-refractivity contribution in [2.75, 3.05) is 17.6 Å². The minimum Gasteiger partial charge on any atom is -0.399 e. The summed E-state index contributed by atoms with van der Waals surface area (Å²) >= 11 is -1.97. The maximum atomic E-state index is 10.6. The molecule has 0 amide bonds. The smallest absolute Gasteiger partial charge is 0.232 e. The lowest BCUT2D eigenvalue weighted by Crippen LogP contribution is -2.33. The van der Waals surface area contributed by atoms with E-state index in [-0.39, 0.29) is 6.04 Å². The number of nitrogens with one attached hydrogen (secondary N) is 2. The molecule has 0 aliphatic carbocycles. The molecular formula is C12H21N3O2S. The van der Waals surface area contributed by atoms with Gasteiger partial charge in [-0.15, -0.1) is 0 Å². The number of nitrogen functional groups attached to an aromatic ring is 1. The van der Waals surface area contributed by atoms with Crippen LogP contribution in [-0.2, 0) is 17.7 Å². The predicted molar refractivity (Wildman–Crippen MR) is 76.7 cm³/mol. The fourth-order valence-corrected chi connectivity index (χ4v) is 2.11. The van der Waals surface area contributed by atoms with Gasteiger partial charge in [0.25, 0.3) is 0 Å². The summed E-state index contributed by atoms with van der Waals surface area (Å²) in [7, 11) is 0. The van der Waals surface area contributed by atoms with Gasteiger partial charge in [0, 0.05) is 24.0 Å². The molecule has 0 fully saturated rings. The third-order valence-corrected chi connectivity index (χ3v) is 3.18. The molecule has 18 heavy (non-hydrogen) atoms. The van der Waals surface area contributed by atoms with Gasteiger partial charge >= 0.3 is 0 Å². The summed E-state index contributed by atoms with van der Waals surface area (Å²) in [5, 5.41) is 3.21. The molecule has 0 bridgehead atoms. The van der Waals surface area contributed by atoms with Gasteiger partial charge < -0.3 is 11.1 Å². The molecule has 2 atom stereocenters. The van der Waals surface area contributed by atoms with Gasteiger partial charge in [0.05, 0.1) is 0 Å². The Hall–Kier alpha value is -1.11. The Bertz CT molecular complexity index is 412. The average molecular weight is 271 g/mol. The van der Waals surface area contributed by atoms with Crippen LogP contribution in [0.15, 0.2) is 18.2 Å². The highest BCUT2D eigenvalue weighted by atomic mass is 32.2. The highest BCUT2D eigenvalue weighted by Gasteiger charge is 2.05. The molecule has 5 nitrogen and oxygen atoms in total. The van der Waals surface area contributed by atoms with Crippen LogP contribution in [0.5, 0.6) is 0 Å². The van der Waals surface area contributed by atoms with E-state index in [4.69, 9.17) is 10.3 Å². The topological polar surface area (TPSA) is 87.4 Å². The third-order valence-electron chi connectivity index (χ3n) is 2.58. The predicted octanol–water partition coefficient (Wildman–Crippen LogP) is 1.75. The molecule has 1 aromatic carbocycles. The number of anilines is 2. The van der Waals surface area contributed by atoms with Crippen LogP contribution >= 0.6 is 0 Å². The number of aryl methyl sites for hydroxylation is 1. The highest BCUT2D eigenvalue weighted by molar-refractivity contribution is 7.77. The number of hydrogen-bond acceptors (Lipinski definition) is 3. The zero-order chi connectivity index (χ0) is 13.5. The minimum atomic E-state index is -1.97. The highest BCUT2D eigenvalue weighted by Crippen LogP contribution is 2.19. The van der Waals surface area contributed by atoms with Gasteiger partial charge in [0.2, 0.25) is 11.3 Å². The first kappa shape index (κ1) is 14.9. The van der Waals surface area contributed by atoms with E-state index in [0.717, 1.165) is 29.8 Å². The molecule has 0 saturated heterocycles. The van der Waals surface area contributed by atoms with Gasteiger partial charge in [-0.2, -0.15) is 0 Å². The Labute approximate surface area is 111 Å². The monoisotopic (exact) mass is 271 g/mol. The fourth-order valence-electron chi connectivity index (χ4n) is 1.69. The van der Waals surface area contributed by atoms with E-state index in [2.05, 4.69) is 17.0 Å². The van der Waals surface area contributed by atoms with Crippen LogP contribution in [0.1, 0.15) is 25.8 Å². The zero-order valence-electron chi connectivity index (χ0n) is 10.8. The molecule has 2 unspecified atom stereocenters. The van der Waals surface area contributed by atoms with E-state index < -0.39 is 11.3 Å². The summed E-state index contributed by atoms with van der Waals surface area (Å²) in [5.74, 6) is 0. The van der Waals surface area contributed by atoms with E-state index >= 15 is 0 Å². The van der Waals surface area contributed by atoms with Crippen LogP contribution in [0.2, 0.25) is 0 Å². The summed E-state index contributed by atoms with van der Waals surface area (Å²) in [6.45, 7) is 4.52. The van der Waals surface area contributed by atoms with Crippen molar-refractivity contribution in [2.24, 2.45) is 0 Å². The van der Waals surface area contributed by atoms with Crippen molar-refractivity contribution >= 4 is 22.6 Å². The Balaban J connectivity index is 2.57. The van der Waals surface area contributed by atoms with E-state index in [1.54, 1.807) is 0 Å². The van der Waals surface area contributed by atoms with E-state index in [9.17, 15) is 4.21 Å². The van der Waals surface area contributed by atoms with Gasteiger partial charge in [0.1, 0.15) is 0 Å². The lowest BCUT2D eigenvalue weighted by molar-refractivity contribution is 0.535. The van der Waals surface area contributed by atoms with Crippen molar-refractivity contribution in [1.82, 2.24) is 4.72 Å².